The van der Waals surface area contributed by atoms with Crippen molar-refractivity contribution < 1.29 is 12.8 Å². The van der Waals surface area contributed by atoms with Crippen LogP contribution in [0.5, 0.6) is 0 Å². The molecule has 7 nitrogen and oxygen atoms in total. The number of nitrogens with zero attached hydrogens (tertiary/aromatic N) is 4. The molecule has 10 heteroatoms. The SMILES string of the molecule is CC1(C)Nc2c(S(=O)(=O)c3ccccc3)c(CS)nn2-c2cnc(F)nc21. The second kappa shape index (κ2) is 6.03. The summed E-state index contributed by atoms with van der Waals surface area (Å²) >= 11 is 4.25. The molecule has 0 saturated heterocycles. The average molecular weight is 405 g/mol. The molecule has 3 heterocycles. The van der Waals surface area contributed by atoms with Crippen LogP contribution in [0.25, 0.3) is 5.69 Å². The lowest BCUT2D eigenvalue weighted by Crippen LogP contribution is -2.36. The van der Waals surface area contributed by atoms with Crippen molar-refractivity contribution >= 4 is 28.3 Å². The number of hydrogen-bond donors (Lipinski definition) is 2. The molecule has 140 valence electrons. The van der Waals surface area contributed by atoms with Gasteiger partial charge in [-0.1, -0.05) is 18.2 Å². The van der Waals surface area contributed by atoms with E-state index in [2.05, 4.69) is 33.0 Å². The van der Waals surface area contributed by atoms with Gasteiger partial charge in [0.05, 0.1) is 28.0 Å². The molecule has 0 unspecified atom stereocenters. The Hall–Kier alpha value is -2.46. The smallest absolute Gasteiger partial charge is 0.309 e. The van der Waals surface area contributed by atoms with Gasteiger partial charge < -0.3 is 5.32 Å². The van der Waals surface area contributed by atoms with E-state index < -0.39 is 21.5 Å². The zero-order valence-electron chi connectivity index (χ0n) is 14.5. The third-order valence-electron chi connectivity index (χ3n) is 4.37. The molecule has 0 amide bonds. The van der Waals surface area contributed by atoms with Crippen LogP contribution in [0, 0.1) is 6.08 Å². The molecule has 0 radical (unpaired) electrons. The summed E-state index contributed by atoms with van der Waals surface area (Å²) in [5, 5.41) is 7.54. The molecule has 1 N–H and O–H groups in total. The molecule has 1 aliphatic rings. The van der Waals surface area contributed by atoms with Gasteiger partial charge in [0.25, 0.3) is 0 Å². The number of fused-ring (bicyclic) bond motifs is 3. The monoisotopic (exact) mass is 405 g/mol. The van der Waals surface area contributed by atoms with Gasteiger partial charge in [0.1, 0.15) is 16.4 Å². The molecule has 1 aromatic carbocycles. The van der Waals surface area contributed by atoms with Crippen LogP contribution >= 0.6 is 12.6 Å². The van der Waals surface area contributed by atoms with Crippen molar-refractivity contribution in [2.75, 3.05) is 5.32 Å². The molecule has 0 saturated carbocycles. The Balaban J connectivity index is 2.03. The van der Waals surface area contributed by atoms with Gasteiger partial charge in [0.15, 0.2) is 0 Å². The first-order valence-electron chi connectivity index (χ1n) is 8.10. The van der Waals surface area contributed by atoms with Crippen molar-refractivity contribution in [3.8, 4) is 5.69 Å². The van der Waals surface area contributed by atoms with Crippen molar-refractivity contribution in [1.82, 2.24) is 19.7 Å². The van der Waals surface area contributed by atoms with Crippen LogP contribution in [-0.4, -0.2) is 28.2 Å². The number of aromatic nitrogens is 4. The highest BCUT2D eigenvalue weighted by Crippen LogP contribution is 2.41. The van der Waals surface area contributed by atoms with E-state index in [1.807, 2.05) is 0 Å². The second-order valence-corrected chi connectivity index (χ2v) is 8.84. The topological polar surface area (TPSA) is 89.8 Å². The second-order valence-electron chi connectivity index (χ2n) is 6.63. The molecule has 0 bridgehead atoms. The number of anilines is 1. The van der Waals surface area contributed by atoms with Crippen molar-refractivity contribution in [3.05, 3.63) is 54.0 Å². The normalized spacial score (nSPS) is 15.0. The van der Waals surface area contributed by atoms with E-state index in [0.29, 0.717) is 11.4 Å². The number of thiol groups is 1. The lowest BCUT2D eigenvalue weighted by Gasteiger charge is -2.33. The highest BCUT2D eigenvalue weighted by molar-refractivity contribution is 7.91. The largest absolute Gasteiger partial charge is 0.358 e. The Labute approximate surface area is 161 Å². The number of benzene rings is 1. The number of nitrogens with one attached hydrogen (secondary N) is 1. The minimum Gasteiger partial charge on any atom is -0.358 e. The molecular formula is C17H16FN5O2S2. The predicted octanol–water partition coefficient (Wildman–Crippen LogP) is 2.72. The quantitative estimate of drug-likeness (QED) is 0.514. The highest BCUT2D eigenvalue weighted by atomic mass is 32.2. The van der Waals surface area contributed by atoms with Crippen molar-refractivity contribution in [1.29, 1.82) is 0 Å². The molecule has 2 aromatic heterocycles. The molecule has 0 fully saturated rings. The molecule has 0 spiro atoms. The van der Waals surface area contributed by atoms with E-state index in [4.69, 9.17) is 0 Å². The standard InChI is InChI=1S/C17H16FN5O2S2/c1-17(2)14-12(8-19-16(18)20-14)23-15(21-17)13(11(9-26)22-23)27(24,25)10-6-4-3-5-7-10/h3-8,21,26H,9H2,1-2H3. The zero-order valence-corrected chi connectivity index (χ0v) is 16.2. The van der Waals surface area contributed by atoms with E-state index in [9.17, 15) is 12.8 Å². The summed E-state index contributed by atoms with van der Waals surface area (Å²) in [5.74, 6) is 0.400. The Kier molecular flexibility index (Phi) is 4.00. The fraction of sp³-hybridized carbons (Fsp3) is 0.235. The molecule has 4 rings (SSSR count). The van der Waals surface area contributed by atoms with Gasteiger partial charge >= 0.3 is 6.08 Å². The maximum absolute atomic E-state index is 13.6. The number of rotatable bonds is 3. The third kappa shape index (κ3) is 2.71. The number of hydrogen-bond acceptors (Lipinski definition) is 7. The fourth-order valence-electron chi connectivity index (χ4n) is 3.16. The predicted molar refractivity (Wildman–Crippen MR) is 100 cm³/mol. The number of sulfone groups is 1. The van der Waals surface area contributed by atoms with Crippen molar-refractivity contribution in [3.63, 3.8) is 0 Å². The molecule has 0 atom stereocenters. The molecular weight excluding hydrogens is 389 g/mol. The van der Waals surface area contributed by atoms with Crippen molar-refractivity contribution in [2.45, 2.75) is 34.9 Å². The lowest BCUT2D eigenvalue weighted by molar-refractivity contribution is 0.486. The van der Waals surface area contributed by atoms with Gasteiger partial charge in [-0.25, -0.2) is 23.1 Å². The van der Waals surface area contributed by atoms with Gasteiger partial charge in [-0.05, 0) is 26.0 Å². The van der Waals surface area contributed by atoms with Crippen molar-refractivity contribution in [2.24, 2.45) is 0 Å². The minimum atomic E-state index is -3.85. The summed E-state index contributed by atoms with van der Waals surface area (Å²) < 4.78 is 41.6. The Morgan fingerprint density at radius 3 is 2.63 bits per heavy atom. The molecule has 27 heavy (non-hydrogen) atoms. The van der Waals surface area contributed by atoms with Gasteiger partial charge in [0, 0.05) is 5.75 Å². The zero-order chi connectivity index (χ0) is 19.4. The summed E-state index contributed by atoms with van der Waals surface area (Å²) in [6, 6.07) is 8.12. The Morgan fingerprint density at radius 2 is 1.96 bits per heavy atom. The Bertz CT molecular complexity index is 1140. The fourth-order valence-corrected chi connectivity index (χ4v) is 5.06. The Morgan fingerprint density at radius 1 is 1.26 bits per heavy atom. The van der Waals surface area contributed by atoms with Gasteiger partial charge in [0.2, 0.25) is 9.84 Å². The molecule has 0 aliphatic carbocycles. The average Bonchev–Trinajstić information content (AvgIpc) is 3.01. The van der Waals surface area contributed by atoms with E-state index >= 15 is 0 Å². The highest BCUT2D eigenvalue weighted by Gasteiger charge is 2.39. The summed E-state index contributed by atoms with van der Waals surface area (Å²) in [7, 11) is -3.85. The minimum absolute atomic E-state index is 0.0479. The summed E-state index contributed by atoms with van der Waals surface area (Å²) in [6.07, 6.45) is 0.448. The maximum Gasteiger partial charge on any atom is 0.309 e. The summed E-state index contributed by atoms with van der Waals surface area (Å²) in [4.78, 5) is 7.69. The summed E-state index contributed by atoms with van der Waals surface area (Å²) in [6.45, 7) is 3.57. The molecule has 1 aliphatic heterocycles. The van der Waals surface area contributed by atoms with Crippen LogP contribution in [0.4, 0.5) is 10.2 Å². The molecule has 3 aromatic rings. The van der Waals surface area contributed by atoms with E-state index in [0.717, 1.165) is 0 Å². The van der Waals surface area contributed by atoms with E-state index in [1.165, 1.54) is 23.0 Å². The van der Waals surface area contributed by atoms with Gasteiger partial charge in [-0.3, -0.25) is 0 Å². The van der Waals surface area contributed by atoms with Crippen LogP contribution in [0.1, 0.15) is 25.2 Å². The van der Waals surface area contributed by atoms with Crippen LogP contribution in [0.3, 0.4) is 0 Å². The van der Waals surface area contributed by atoms with Gasteiger partial charge in [-0.2, -0.15) is 22.1 Å². The van der Waals surface area contributed by atoms with Crippen LogP contribution < -0.4 is 5.32 Å². The summed E-state index contributed by atoms with van der Waals surface area (Å²) in [5.41, 5.74) is 0.272. The first-order valence-corrected chi connectivity index (χ1v) is 10.2. The van der Waals surface area contributed by atoms with Crippen LogP contribution in [-0.2, 0) is 21.1 Å². The van der Waals surface area contributed by atoms with Crippen LogP contribution in [0.15, 0.2) is 46.3 Å². The number of halogens is 1. The maximum atomic E-state index is 13.6. The first-order chi connectivity index (χ1) is 12.8. The third-order valence-corrected chi connectivity index (χ3v) is 6.53. The lowest BCUT2D eigenvalue weighted by atomic mass is 9.97. The van der Waals surface area contributed by atoms with Gasteiger partial charge in [-0.15, -0.1) is 0 Å². The van der Waals surface area contributed by atoms with E-state index in [1.54, 1.807) is 32.0 Å². The first kappa shape index (κ1) is 17.9. The van der Waals surface area contributed by atoms with Crippen LogP contribution in [0.2, 0.25) is 0 Å². The van der Waals surface area contributed by atoms with E-state index in [-0.39, 0.29) is 27.1 Å².